The number of oxazole rings is 1. The van der Waals surface area contributed by atoms with Gasteiger partial charge >= 0.3 is 0 Å². The number of benzene rings is 1. The average molecular weight is 288 g/mol. The topological polar surface area (TPSA) is 58.5 Å². The molecule has 1 aromatic heterocycles. The minimum Gasteiger partial charge on any atom is -0.423 e. The third-order valence-electron chi connectivity index (χ3n) is 4.11. The highest BCUT2D eigenvalue weighted by molar-refractivity contribution is 5.74. The van der Waals surface area contributed by atoms with Gasteiger partial charge < -0.3 is 20.0 Å². The Morgan fingerprint density at radius 1 is 1.24 bits per heavy atom. The molecule has 1 atom stereocenters. The first-order chi connectivity index (χ1) is 10.3. The van der Waals surface area contributed by atoms with Gasteiger partial charge in [-0.15, -0.1) is 0 Å². The van der Waals surface area contributed by atoms with Crippen LogP contribution in [0.3, 0.4) is 0 Å². The second-order valence-electron chi connectivity index (χ2n) is 5.95. The van der Waals surface area contributed by atoms with Crippen molar-refractivity contribution in [3.8, 4) is 0 Å². The highest BCUT2D eigenvalue weighted by atomic mass is 16.4. The van der Waals surface area contributed by atoms with Gasteiger partial charge in [0.05, 0.1) is 0 Å². The van der Waals surface area contributed by atoms with Gasteiger partial charge in [-0.25, -0.2) is 0 Å². The first-order valence-corrected chi connectivity index (χ1v) is 7.79. The molecule has 1 fully saturated rings. The number of hydrogen-bond donors (Lipinski definition) is 1. The van der Waals surface area contributed by atoms with Gasteiger partial charge in [-0.05, 0) is 37.6 Å². The second kappa shape index (κ2) is 6.45. The summed E-state index contributed by atoms with van der Waals surface area (Å²) >= 11 is 0. The molecule has 0 radical (unpaired) electrons. The van der Waals surface area contributed by atoms with E-state index in [-0.39, 0.29) is 0 Å². The average Bonchev–Trinajstić information content (AvgIpc) is 2.80. The van der Waals surface area contributed by atoms with Crippen molar-refractivity contribution in [2.24, 2.45) is 11.7 Å². The maximum atomic E-state index is 5.88. The summed E-state index contributed by atoms with van der Waals surface area (Å²) in [7, 11) is 0. The predicted octanol–water partition coefficient (Wildman–Crippen LogP) is 1.93. The molecule has 0 spiro atoms. The Labute approximate surface area is 125 Å². The molecule has 1 saturated heterocycles. The van der Waals surface area contributed by atoms with Gasteiger partial charge in [0, 0.05) is 26.2 Å². The summed E-state index contributed by atoms with van der Waals surface area (Å²) in [6, 6.07) is 8.70. The van der Waals surface area contributed by atoms with Crippen LogP contribution in [0.4, 0.5) is 6.01 Å². The lowest BCUT2D eigenvalue weighted by Gasteiger charge is -2.23. The molecular weight excluding hydrogens is 264 g/mol. The minimum absolute atomic E-state index is 0.556. The van der Waals surface area contributed by atoms with Crippen LogP contribution in [-0.2, 0) is 0 Å². The van der Waals surface area contributed by atoms with Gasteiger partial charge in [-0.1, -0.05) is 19.1 Å². The van der Waals surface area contributed by atoms with Crippen molar-refractivity contribution in [2.75, 3.05) is 44.2 Å². The van der Waals surface area contributed by atoms with Gasteiger partial charge in [0.25, 0.3) is 6.01 Å². The van der Waals surface area contributed by atoms with Crippen LogP contribution in [-0.4, -0.2) is 49.2 Å². The Bertz CT molecular complexity index is 549. The van der Waals surface area contributed by atoms with Crippen molar-refractivity contribution in [3.63, 3.8) is 0 Å². The van der Waals surface area contributed by atoms with Crippen molar-refractivity contribution in [1.82, 2.24) is 9.88 Å². The zero-order valence-corrected chi connectivity index (χ0v) is 12.7. The molecule has 1 aromatic carbocycles. The van der Waals surface area contributed by atoms with Gasteiger partial charge in [-0.3, -0.25) is 0 Å². The van der Waals surface area contributed by atoms with Crippen LogP contribution in [0.15, 0.2) is 28.7 Å². The maximum absolute atomic E-state index is 5.88. The molecule has 1 unspecified atom stereocenters. The largest absolute Gasteiger partial charge is 0.423 e. The Morgan fingerprint density at radius 2 is 2.10 bits per heavy atom. The number of aromatic nitrogens is 1. The van der Waals surface area contributed by atoms with E-state index in [1.54, 1.807) is 0 Å². The summed E-state index contributed by atoms with van der Waals surface area (Å²) in [5, 5.41) is 0. The van der Waals surface area contributed by atoms with E-state index in [2.05, 4.69) is 21.7 Å². The van der Waals surface area contributed by atoms with E-state index in [9.17, 15) is 0 Å². The Hall–Kier alpha value is -1.59. The lowest BCUT2D eigenvalue weighted by atomic mass is 10.1. The smallest absolute Gasteiger partial charge is 0.298 e. The highest BCUT2D eigenvalue weighted by Crippen LogP contribution is 2.22. The van der Waals surface area contributed by atoms with Crippen LogP contribution in [0.1, 0.15) is 13.3 Å². The minimum atomic E-state index is 0.556. The fourth-order valence-electron chi connectivity index (χ4n) is 2.86. The third-order valence-corrected chi connectivity index (χ3v) is 4.11. The van der Waals surface area contributed by atoms with Crippen LogP contribution >= 0.6 is 0 Å². The highest BCUT2D eigenvalue weighted by Gasteiger charge is 2.19. The van der Waals surface area contributed by atoms with Crippen molar-refractivity contribution >= 4 is 17.1 Å². The number of nitrogens with two attached hydrogens (primary N) is 1. The Kier molecular flexibility index (Phi) is 4.41. The number of fused-ring (bicyclic) bond motifs is 1. The van der Waals surface area contributed by atoms with Gasteiger partial charge in [0.2, 0.25) is 0 Å². The Morgan fingerprint density at radius 3 is 2.90 bits per heavy atom. The van der Waals surface area contributed by atoms with Crippen LogP contribution in [0.25, 0.3) is 11.1 Å². The molecular formula is C16H24N4O. The fraction of sp³-hybridized carbons (Fsp3) is 0.562. The molecule has 2 aromatic rings. The van der Waals surface area contributed by atoms with Gasteiger partial charge in [0.15, 0.2) is 5.58 Å². The van der Waals surface area contributed by atoms with Crippen molar-refractivity contribution in [3.05, 3.63) is 24.3 Å². The van der Waals surface area contributed by atoms with Gasteiger partial charge in [0.1, 0.15) is 5.52 Å². The van der Waals surface area contributed by atoms with Crippen molar-refractivity contribution < 1.29 is 4.42 Å². The maximum Gasteiger partial charge on any atom is 0.298 e. The van der Waals surface area contributed by atoms with E-state index < -0.39 is 0 Å². The summed E-state index contributed by atoms with van der Waals surface area (Å²) in [6.45, 7) is 8.18. The van der Waals surface area contributed by atoms with Crippen LogP contribution in [0.5, 0.6) is 0 Å². The lowest BCUT2D eigenvalue weighted by molar-refractivity contribution is 0.255. The number of nitrogens with zero attached hydrogens (tertiary/aromatic N) is 3. The summed E-state index contributed by atoms with van der Waals surface area (Å²) in [5.74, 6) is 0.556. The van der Waals surface area contributed by atoms with Gasteiger partial charge in [-0.2, -0.15) is 4.98 Å². The number of rotatable bonds is 4. The molecule has 1 aliphatic rings. The summed E-state index contributed by atoms with van der Waals surface area (Å²) in [4.78, 5) is 9.36. The zero-order chi connectivity index (χ0) is 14.7. The van der Waals surface area contributed by atoms with E-state index in [0.29, 0.717) is 5.92 Å². The first kappa shape index (κ1) is 14.4. The molecule has 5 nitrogen and oxygen atoms in total. The van der Waals surface area contributed by atoms with Crippen molar-refractivity contribution in [2.45, 2.75) is 13.3 Å². The summed E-state index contributed by atoms with van der Waals surface area (Å²) in [6.07, 6.45) is 1.13. The predicted molar refractivity (Wildman–Crippen MR) is 85.5 cm³/mol. The number of anilines is 1. The van der Waals surface area contributed by atoms with E-state index in [0.717, 1.165) is 62.8 Å². The molecule has 3 rings (SSSR count). The second-order valence-corrected chi connectivity index (χ2v) is 5.95. The summed E-state index contributed by atoms with van der Waals surface area (Å²) in [5.41, 5.74) is 7.53. The quantitative estimate of drug-likeness (QED) is 0.931. The number of para-hydroxylation sites is 2. The molecule has 0 aliphatic carbocycles. The monoisotopic (exact) mass is 288 g/mol. The van der Waals surface area contributed by atoms with E-state index in [1.165, 1.54) is 0 Å². The number of hydrogen-bond acceptors (Lipinski definition) is 5. The van der Waals surface area contributed by atoms with E-state index >= 15 is 0 Å². The van der Waals surface area contributed by atoms with E-state index in [4.69, 9.17) is 10.2 Å². The molecule has 0 amide bonds. The molecule has 0 bridgehead atoms. The third kappa shape index (κ3) is 3.36. The van der Waals surface area contributed by atoms with Crippen LogP contribution in [0, 0.1) is 5.92 Å². The summed E-state index contributed by atoms with van der Waals surface area (Å²) < 4.78 is 5.88. The molecule has 114 valence electrons. The lowest BCUT2D eigenvalue weighted by Crippen LogP contribution is -2.35. The standard InChI is InChI=1S/C16H24N4O/c1-13(11-17)12-19-7-4-8-20(10-9-19)16-18-14-5-2-3-6-15(14)21-16/h2-3,5-6,13H,4,7-12,17H2,1H3. The Balaban J connectivity index is 1.67. The first-order valence-electron chi connectivity index (χ1n) is 7.79. The zero-order valence-electron chi connectivity index (χ0n) is 12.7. The molecule has 2 heterocycles. The SMILES string of the molecule is CC(CN)CN1CCCN(c2nc3ccccc3o2)CC1. The molecule has 0 saturated carbocycles. The molecule has 21 heavy (non-hydrogen) atoms. The molecule has 5 heteroatoms. The van der Waals surface area contributed by atoms with Crippen LogP contribution in [0.2, 0.25) is 0 Å². The van der Waals surface area contributed by atoms with Crippen LogP contribution < -0.4 is 10.6 Å². The van der Waals surface area contributed by atoms with E-state index in [1.807, 2.05) is 24.3 Å². The molecule has 1 aliphatic heterocycles. The fourth-order valence-corrected chi connectivity index (χ4v) is 2.86. The normalized spacial score (nSPS) is 18.9. The van der Waals surface area contributed by atoms with Crippen molar-refractivity contribution in [1.29, 1.82) is 0 Å². The molecule has 2 N–H and O–H groups in total.